The minimum atomic E-state index is -0.0449. The van der Waals surface area contributed by atoms with Crippen LogP contribution in [0.4, 0.5) is 0 Å². The van der Waals surface area contributed by atoms with E-state index in [-0.39, 0.29) is 10.8 Å². The number of hydrogen-bond acceptors (Lipinski definition) is 3. The zero-order valence-corrected chi connectivity index (χ0v) is 31.7. The largest absolute Gasteiger partial charge is 0.306 e. The number of allylic oxidation sites excluding steroid dienone is 2. The van der Waals surface area contributed by atoms with Crippen LogP contribution < -0.4 is 0 Å². The Bertz CT molecular complexity index is 887. The molecule has 0 aromatic heterocycles. The summed E-state index contributed by atoms with van der Waals surface area (Å²) in [5.74, 6) is 3.30. The van der Waals surface area contributed by atoms with Crippen molar-refractivity contribution in [3.8, 4) is 0 Å². The molecule has 2 saturated heterocycles. The van der Waals surface area contributed by atoms with Crippen molar-refractivity contribution in [2.24, 2.45) is 40.4 Å². The number of rotatable bonds is 7. The van der Waals surface area contributed by atoms with Crippen LogP contribution in [0.1, 0.15) is 119 Å². The molecule has 3 aliphatic rings. The lowest BCUT2D eigenvalue weighted by atomic mass is 9.59. The molecule has 3 rings (SSSR count). The van der Waals surface area contributed by atoms with E-state index in [0.29, 0.717) is 35.5 Å². The highest BCUT2D eigenvalue weighted by Crippen LogP contribution is 2.52. The van der Waals surface area contributed by atoms with Crippen LogP contribution in [-0.2, 0) is 0 Å². The molecule has 0 aromatic rings. The van der Waals surface area contributed by atoms with Crippen molar-refractivity contribution in [3.05, 3.63) is 24.3 Å². The topological polar surface area (TPSA) is 9.72 Å². The third-order valence-corrected chi connectivity index (χ3v) is 13.7. The molecule has 250 valence electrons. The molecular weight excluding hydrogens is 541 g/mol. The first-order valence-corrected chi connectivity index (χ1v) is 18.9. The van der Waals surface area contributed by atoms with Crippen LogP contribution in [-0.4, -0.2) is 79.8 Å². The molecule has 2 heterocycles. The van der Waals surface area contributed by atoms with Crippen molar-refractivity contribution in [2.45, 2.75) is 137 Å². The predicted molar refractivity (Wildman–Crippen MR) is 195 cm³/mol. The van der Waals surface area contributed by atoms with E-state index in [1.165, 1.54) is 102 Å². The van der Waals surface area contributed by atoms with E-state index in [1.807, 2.05) is 0 Å². The Balaban J connectivity index is 1.84. The fourth-order valence-electron chi connectivity index (χ4n) is 9.75. The molecule has 9 unspecified atom stereocenters. The Kier molecular flexibility index (Phi) is 13.9. The maximum atomic E-state index is 4.90. The summed E-state index contributed by atoms with van der Waals surface area (Å²) in [5.41, 5.74) is 3.67. The molecule has 0 N–H and O–H groups in total. The van der Waals surface area contributed by atoms with E-state index in [0.717, 1.165) is 18.3 Å². The average molecular weight is 616 g/mol. The fraction of sp³-hybridized carbons (Fsp3) is 0.897. The molecule has 0 bridgehead atoms. The first-order valence-electron chi connectivity index (χ1n) is 18.3. The van der Waals surface area contributed by atoms with Gasteiger partial charge in [-0.3, -0.25) is 0 Å². The van der Waals surface area contributed by atoms with E-state index >= 15 is 0 Å². The second kappa shape index (κ2) is 16.1. The summed E-state index contributed by atoms with van der Waals surface area (Å²) in [6.07, 6.45) is 14.4. The lowest BCUT2D eigenvalue weighted by molar-refractivity contribution is 0.0626. The van der Waals surface area contributed by atoms with Gasteiger partial charge in [0.25, 0.3) is 0 Å². The van der Waals surface area contributed by atoms with E-state index in [1.54, 1.807) is 0 Å². The Labute approximate surface area is 272 Å². The maximum absolute atomic E-state index is 4.90. The van der Waals surface area contributed by atoms with Gasteiger partial charge in [0, 0.05) is 24.0 Å². The zero-order valence-electron chi connectivity index (χ0n) is 30.6. The standard InChI is InChI=1S/C39H74N3P/c1-28-23-33(37(43)36(24-28)40(10)11)25-35-31(4)32(5)39(8,9)30(3)18-19-34(17-16-22-42-20-14-13-15-21-42)41(12)27-29(2)26-38(35,6)7/h28-29,31,33-37H,3,5,13-27,43H2,1-2,4,6-12H3. The summed E-state index contributed by atoms with van der Waals surface area (Å²) < 4.78 is 0. The summed E-state index contributed by atoms with van der Waals surface area (Å²) in [5, 5.41) is 0. The molecule has 1 aliphatic carbocycles. The molecule has 0 amide bonds. The summed E-state index contributed by atoms with van der Waals surface area (Å²) in [7, 11) is 10.3. The van der Waals surface area contributed by atoms with Gasteiger partial charge >= 0.3 is 0 Å². The second-order valence-corrected chi connectivity index (χ2v) is 18.1. The summed E-state index contributed by atoms with van der Waals surface area (Å²) in [4.78, 5) is 7.95. The maximum Gasteiger partial charge on any atom is 0.0157 e. The van der Waals surface area contributed by atoms with Gasteiger partial charge in [-0.15, -0.1) is 9.24 Å². The Morgan fingerprint density at radius 3 is 2.23 bits per heavy atom. The molecule has 4 heteroatoms. The van der Waals surface area contributed by atoms with Crippen LogP contribution in [0.5, 0.6) is 0 Å². The van der Waals surface area contributed by atoms with Gasteiger partial charge in [-0.05, 0) is 146 Å². The number of nitrogens with zero attached hydrogens (tertiary/aromatic N) is 3. The molecule has 9 atom stereocenters. The van der Waals surface area contributed by atoms with Crippen molar-refractivity contribution in [2.75, 3.05) is 47.3 Å². The van der Waals surface area contributed by atoms with Gasteiger partial charge in [-0.25, -0.2) is 0 Å². The molecular formula is C39H74N3P. The lowest BCUT2D eigenvalue weighted by Crippen LogP contribution is -2.47. The van der Waals surface area contributed by atoms with Gasteiger partial charge < -0.3 is 14.7 Å². The van der Waals surface area contributed by atoms with Crippen molar-refractivity contribution >= 4 is 9.24 Å². The van der Waals surface area contributed by atoms with Crippen LogP contribution in [0.2, 0.25) is 0 Å². The third-order valence-electron chi connectivity index (χ3n) is 12.7. The molecule has 0 aromatic carbocycles. The molecule has 0 spiro atoms. The Morgan fingerprint density at radius 2 is 1.60 bits per heavy atom. The van der Waals surface area contributed by atoms with E-state index < -0.39 is 0 Å². The minimum Gasteiger partial charge on any atom is -0.306 e. The quantitative estimate of drug-likeness (QED) is 0.209. The third kappa shape index (κ3) is 9.89. The fourth-order valence-corrected chi connectivity index (χ4v) is 10.6. The molecule has 0 radical (unpaired) electrons. The van der Waals surface area contributed by atoms with Gasteiger partial charge in [0.1, 0.15) is 0 Å². The van der Waals surface area contributed by atoms with E-state index in [2.05, 4.69) is 93.5 Å². The highest BCUT2D eigenvalue weighted by Gasteiger charge is 2.44. The highest BCUT2D eigenvalue weighted by molar-refractivity contribution is 7.17. The van der Waals surface area contributed by atoms with Gasteiger partial charge in [-0.1, -0.05) is 79.2 Å². The second-order valence-electron chi connectivity index (χ2n) is 17.3. The molecule has 2 aliphatic heterocycles. The van der Waals surface area contributed by atoms with Gasteiger partial charge in [0.05, 0.1) is 0 Å². The highest BCUT2D eigenvalue weighted by atomic mass is 31.0. The van der Waals surface area contributed by atoms with Crippen LogP contribution in [0.25, 0.3) is 0 Å². The first-order chi connectivity index (χ1) is 20.0. The molecule has 3 nitrogen and oxygen atoms in total. The van der Waals surface area contributed by atoms with Gasteiger partial charge in [-0.2, -0.15) is 0 Å². The Hall–Kier alpha value is -0.210. The van der Waals surface area contributed by atoms with Crippen LogP contribution in [0.3, 0.4) is 0 Å². The summed E-state index contributed by atoms with van der Waals surface area (Å²) >= 11 is 0. The molecule has 3 fully saturated rings. The summed E-state index contributed by atoms with van der Waals surface area (Å²) in [6, 6.07) is 1.29. The smallest absolute Gasteiger partial charge is 0.0157 e. The van der Waals surface area contributed by atoms with E-state index in [9.17, 15) is 0 Å². The van der Waals surface area contributed by atoms with E-state index in [4.69, 9.17) is 13.2 Å². The SMILES string of the molecule is C=C1CCC(CCCN2CCCCC2)N(C)CC(C)CC(C)(C)C(CC2CC(C)CC(N(C)C)C2P)C(C)C(=C)C1(C)C. The monoisotopic (exact) mass is 616 g/mol. The predicted octanol–water partition coefficient (Wildman–Crippen LogP) is 9.40. The zero-order chi connectivity index (χ0) is 32.1. The van der Waals surface area contributed by atoms with Crippen molar-refractivity contribution < 1.29 is 0 Å². The summed E-state index contributed by atoms with van der Waals surface area (Å²) in [6.45, 7) is 32.4. The number of likely N-dealkylation sites (tertiary alicyclic amines) is 1. The Morgan fingerprint density at radius 1 is 0.953 bits per heavy atom. The van der Waals surface area contributed by atoms with Crippen molar-refractivity contribution in [3.63, 3.8) is 0 Å². The first kappa shape index (κ1) is 37.2. The average Bonchev–Trinajstić information content (AvgIpc) is 2.93. The van der Waals surface area contributed by atoms with Crippen molar-refractivity contribution in [1.29, 1.82) is 0 Å². The van der Waals surface area contributed by atoms with Crippen LogP contribution >= 0.6 is 9.24 Å². The number of piperidine rings is 1. The van der Waals surface area contributed by atoms with Gasteiger partial charge in [0.2, 0.25) is 0 Å². The molecule has 43 heavy (non-hydrogen) atoms. The van der Waals surface area contributed by atoms with Gasteiger partial charge in [0.15, 0.2) is 0 Å². The van der Waals surface area contributed by atoms with Crippen molar-refractivity contribution in [1.82, 2.24) is 14.7 Å². The van der Waals surface area contributed by atoms with Crippen LogP contribution in [0, 0.1) is 40.4 Å². The molecule has 1 saturated carbocycles. The van der Waals surface area contributed by atoms with Crippen LogP contribution in [0.15, 0.2) is 24.3 Å². The lowest BCUT2D eigenvalue weighted by Gasteiger charge is -2.49. The number of hydrogen-bond donors (Lipinski definition) is 0. The minimum absolute atomic E-state index is 0.0449. The normalized spacial score (nSPS) is 37.5.